The summed E-state index contributed by atoms with van der Waals surface area (Å²) in [7, 11) is 33.5. The number of pyridine rings is 1. The Hall–Kier alpha value is -4.29. The predicted octanol–water partition coefficient (Wildman–Crippen LogP) is -4.38. The van der Waals surface area contributed by atoms with Gasteiger partial charge in [-0.1, -0.05) is 17.6 Å². The fraction of sp³-hybridized carbons (Fsp3) is 0.355. The van der Waals surface area contributed by atoms with E-state index in [1.165, 1.54) is 6.08 Å². The van der Waals surface area contributed by atoms with E-state index in [1.54, 1.807) is 36.5 Å². The lowest BCUT2D eigenvalue weighted by Crippen LogP contribution is -2.85. The summed E-state index contributed by atoms with van der Waals surface area (Å²) in [6, 6.07) is 10.0. The van der Waals surface area contributed by atoms with Crippen molar-refractivity contribution in [2.45, 2.75) is 54.5 Å². The van der Waals surface area contributed by atoms with E-state index in [0.29, 0.717) is 30.0 Å². The molecular formula is C31H30B6N8O8. The molecule has 2 aromatic rings. The topological polar surface area (TPSA) is 224 Å². The van der Waals surface area contributed by atoms with E-state index in [-0.39, 0.29) is 38.9 Å². The highest BCUT2D eigenvalue weighted by Crippen LogP contribution is 2.44. The average molecular weight is 708 g/mol. The number of morpholine rings is 1. The molecule has 6 rings (SSSR count). The van der Waals surface area contributed by atoms with Gasteiger partial charge in [0.05, 0.1) is 27.4 Å². The Kier molecular flexibility index (Phi) is 10.3. The normalized spacial score (nSPS) is 25.7. The van der Waals surface area contributed by atoms with Gasteiger partial charge in [0.2, 0.25) is 5.91 Å². The van der Waals surface area contributed by atoms with Gasteiger partial charge < -0.3 is 51.5 Å². The number of carbonyl (C=O) groups excluding carboxylic acids is 2. The molecule has 12 radical (unpaired) electrons. The summed E-state index contributed by atoms with van der Waals surface area (Å²) < 4.78 is 4.52. The second kappa shape index (κ2) is 14.2. The lowest BCUT2D eigenvalue weighted by molar-refractivity contribution is -0.511. The molecule has 4 aliphatic rings. The van der Waals surface area contributed by atoms with Gasteiger partial charge >= 0.3 is 5.97 Å². The van der Waals surface area contributed by atoms with Crippen molar-refractivity contribution in [2.24, 2.45) is 4.99 Å². The van der Waals surface area contributed by atoms with Crippen molar-refractivity contribution in [1.82, 2.24) is 30.7 Å². The van der Waals surface area contributed by atoms with Crippen molar-refractivity contribution in [2.75, 3.05) is 18.4 Å². The van der Waals surface area contributed by atoms with Crippen molar-refractivity contribution in [3.05, 3.63) is 87.7 Å². The quantitative estimate of drug-likeness (QED) is 0.0720. The van der Waals surface area contributed by atoms with Crippen LogP contribution in [-0.4, -0.2) is 154 Å². The number of nitrogens with one attached hydrogen (secondary N) is 4. The highest BCUT2D eigenvalue weighted by Gasteiger charge is 2.68. The zero-order valence-corrected chi connectivity index (χ0v) is 28.1. The van der Waals surface area contributed by atoms with Crippen LogP contribution in [0.25, 0.3) is 5.70 Å². The Bertz CT molecular complexity index is 1890. The maximum absolute atomic E-state index is 13.2. The maximum Gasteiger partial charge on any atom is 0.317 e. The third-order valence-corrected chi connectivity index (χ3v) is 9.09. The summed E-state index contributed by atoms with van der Waals surface area (Å²) in [5, 5.41) is 61.2. The van der Waals surface area contributed by atoms with Gasteiger partial charge in [0, 0.05) is 42.3 Å². The van der Waals surface area contributed by atoms with Crippen LogP contribution in [-0.2, 0) is 16.1 Å². The second-order valence-electron chi connectivity index (χ2n) is 13.0. The Balaban J connectivity index is 1.13. The van der Waals surface area contributed by atoms with Crippen molar-refractivity contribution in [1.29, 1.82) is 0 Å². The molecule has 9 N–H and O–H groups in total. The third kappa shape index (κ3) is 7.45. The van der Waals surface area contributed by atoms with Crippen LogP contribution >= 0.6 is 0 Å². The fourth-order valence-electron chi connectivity index (χ4n) is 6.29. The van der Waals surface area contributed by atoms with E-state index in [4.69, 9.17) is 47.1 Å². The van der Waals surface area contributed by atoms with Gasteiger partial charge in [0.1, 0.15) is 41.2 Å². The molecule has 1 aromatic heterocycles. The molecule has 260 valence electrons. The van der Waals surface area contributed by atoms with Crippen molar-refractivity contribution in [3.8, 4) is 0 Å². The lowest BCUT2D eigenvalue weighted by atomic mass is 9.59. The van der Waals surface area contributed by atoms with Gasteiger partial charge in [0.25, 0.3) is 11.8 Å². The summed E-state index contributed by atoms with van der Waals surface area (Å²) >= 11 is 0. The first-order valence-electron chi connectivity index (χ1n) is 16.2. The molecule has 2 amide bonds. The van der Waals surface area contributed by atoms with Gasteiger partial charge in [-0.3, -0.25) is 24.4 Å². The maximum atomic E-state index is 13.2. The van der Waals surface area contributed by atoms with Gasteiger partial charge in [-0.15, -0.1) is 0 Å². The molecular weight excluding hydrogens is 677 g/mol. The number of rotatable bonds is 8. The van der Waals surface area contributed by atoms with E-state index in [0.717, 1.165) is 31.3 Å². The molecule has 2 saturated heterocycles. The number of likely N-dealkylation sites (tertiary alicyclic amines) is 1. The number of carbonyl (C=O) groups is 2. The van der Waals surface area contributed by atoms with Crippen LogP contribution in [0.3, 0.4) is 0 Å². The SMILES string of the molecule is [B]C([B])=C([B])C(=O)NC1CCCN(Cc2ccnc(C(=O)Nc3ccc(C4=CC5=C(N6C([B])(O)C(O)(O)OC([B])([B])C6(O)O)NC=NC5N4)cc3)c2)C1. The molecule has 3 unspecified atom stereocenters. The first-order valence-corrected chi connectivity index (χ1v) is 16.2. The molecule has 0 bridgehead atoms. The van der Waals surface area contributed by atoms with Crippen LogP contribution < -0.4 is 21.3 Å². The molecule has 5 heterocycles. The van der Waals surface area contributed by atoms with Gasteiger partial charge in [0.15, 0.2) is 13.5 Å². The molecule has 4 aliphatic heterocycles. The zero-order valence-electron chi connectivity index (χ0n) is 28.1. The lowest BCUT2D eigenvalue weighted by Gasteiger charge is -2.62. The Morgan fingerprint density at radius 2 is 1.75 bits per heavy atom. The number of piperidine rings is 1. The molecule has 2 fully saturated rings. The minimum absolute atomic E-state index is 0.152. The van der Waals surface area contributed by atoms with Crippen LogP contribution in [0.4, 0.5) is 5.69 Å². The van der Waals surface area contributed by atoms with E-state index < -0.39 is 40.9 Å². The summed E-state index contributed by atoms with van der Waals surface area (Å²) in [5.74, 6) is -8.48. The summed E-state index contributed by atoms with van der Waals surface area (Å²) in [6.45, 7) is 1.87. The number of aliphatic hydroxyl groups is 5. The molecule has 0 saturated carbocycles. The number of hydrogen-bond acceptors (Lipinski definition) is 14. The van der Waals surface area contributed by atoms with E-state index in [9.17, 15) is 35.1 Å². The smallest absolute Gasteiger partial charge is 0.317 e. The molecule has 53 heavy (non-hydrogen) atoms. The fourth-order valence-corrected chi connectivity index (χ4v) is 6.29. The predicted molar refractivity (Wildman–Crippen MR) is 195 cm³/mol. The second-order valence-corrected chi connectivity index (χ2v) is 13.0. The van der Waals surface area contributed by atoms with Crippen LogP contribution in [0.2, 0.25) is 0 Å². The number of anilines is 1. The van der Waals surface area contributed by atoms with Crippen LogP contribution in [0.15, 0.2) is 75.9 Å². The number of hydrogen-bond donors (Lipinski definition) is 9. The van der Waals surface area contributed by atoms with Gasteiger partial charge in [-0.2, -0.15) is 5.37 Å². The average Bonchev–Trinajstić information content (AvgIpc) is 3.53. The first-order chi connectivity index (χ1) is 24.8. The number of aromatic nitrogens is 1. The van der Waals surface area contributed by atoms with Crippen molar-refractivity contribution in [3.63, 3.8) is 0 Å². The molecule has 16 nitrogen and oxygen atoms in total. The Morgan fingerprint density at radius 3 is 2.45 bits per heavy atom. The van der Waals surface area contributed by atoms with Crippen LogP contribution in [0.5, 0.6) is 0 Å². The van der Waals surface area contributed by atoms with Crippen LogP contribution in [0, 0.1) is 0 Å². The largest absolute Gasteiger partial charge is 0.372 e. The summed E-state index contributed by atoms with van der Waals surface area (Å²) in [4.78, 5) is 36.3. The standard InChI is InChI=1S/C31H30B6N8O8/c32-22(23(33)34)27(47)42-18-2-1-9-44(13-18)12-15-7-8-38-21(10-15)26(46)41-17-5-3-16(4-6-17)20-11-19-24(43-20)39-14-40-25(19)45-29(37,48)31(51,52)53-28(35,36)30(45,49)50/h3-8,10-11,14,18,24,43,48-52H,1-2,9,12-13H2,(H,39,40)(H,41,46)(H,42,47). The summed E-state index contributed by atoms with van der Waals surface area (Å²) in [5.41, 5.74) is -0.877. The molecule has 22 heteroatoms. The number of aliphatic imine (C=N–C) groups is 1. The van der Waals surface area contributed by atoms with E-state index in [1.807, 2.05) is 6.07 Å². The first kappa shape index (κ1) is 38.4. The van der Waals surface area contributed by atoms with E-state index >= 15 is 0 Å². The van der Waals surface area contributed by atoms with Crippen molar-refractivity contribution < 1.29 is 39.9 Å². The number of ether oxygens (including phenoxy) is 1. The van der Waals surface area contributed by atoms with Gasteiger partial charge in [-0.05, 0) is 60.9 Å². The number of fused-ring (bicyclic) bond motifs is 1. The Morgan fingerprint density at radius 1 is 1.04 bits per heavy atom. The van der Waals surface area contributed by atoms with E-state index in [2.05, 4.69) is 40.9 Å². The molecule has 1 aromatic carbocycles. The van der Waals surface area contributed by atoms with Crippen LogP contribution in [0.1, 0.15) is 34.5 Å². The highest BCUT2D eigenvalue weighted by molar-refractivity contribution is 6.55. The Labute approximate surface area is 312 Å². The minimum Gasteiger partial charge on any atom is -0.372 e. The monoisotopic (exact) mass is 708 g/mol. The van der Waals surface area contributed by atoms with Crippen molar-refractivity contribution >= 4 is 76.6 Å². The third-order valence-electron chi connectivity index (χ3n) is 9.09. The number of benzene rings is 1. The highest BCUT2D eigenvalue weighted by atomic mass is 16.8. The molecule has 0 aliphatic carbocycles. The molecule has 3 atom stereocenters. The zero-order chi connectivity index (χ0) is 38.5. The number of nitrogens with zero attached hydrogens (tertiary/aromatic N) is 4. The molecule has 0 spiro atoms. The minimum atomic E-state index is -3.67. The number of amides is 2. The van der Waals surface area contributed by atoms with Gasteiger partial charge in [-0.25, -0.2) is 4.99 Å². The summed E-state index contributed by atoms with van der Waals surface area (Å²) in [6.07, 6.45) is 4.95.